The van der Waals surface area contributed by atoms with Gasteiger partial charge in [-0.25, -0.2) is 0 Å². The fraction of sp³-hybridized carbons (Fsp3) is 0.526. The Bertz CT molecular complexity index is 578. The molecule has 0 aromatic heterocycles. The molecule has 6 heteroatoms. The highest BCUT2D eigenvalue weighted by Crippen LogP contribution is 2.12. The van der Waals surface area contributed by atoms with E-state index in [-0.39, 0.29) is 50.1 Å². The number of ketones is 1. The third kappa shape index (κ3) is 6.66. The first kappa shape index (κ1) is 20.8. The van der Waals surface area contributed by atoms with E-state index in [9.17, 15) is 19.5 Å². The molecule has 0 aliphatic heterocycles. The van der Waals surface area contributed by atoms with E-state index in [1.807, 2.05) is 26.0 Å². The molecule has 1 aromatic rings. The highest BCUT2D eigenvalue weighted by Gasteiger charge is 2.23. The minimum absolute atomic E-state index is 0.0460. The Hall–Kier alpha value is -2.21. The molecule has 0 radical (unpaired) electrons. The number of nitrogens with zero attached hydrogens (tertiary/aromatic N) is 1. The molecule has 0 bridgehead atoms. The predicted octanol–water partition coefficient (Wildman–Crippen LogP) is 2.12. The standard InChI is InChI=1S/C19H27NO5/c1-4-16(13-21)20(12-11-19(24)25-3)18(23)10-9-17(22)15-7-5-14(2)6-8-15/h5-8,16,21H,4,9-13H2,1-3H3. The molecule has 0 saturated heterocycles. The van der Waals surface area contributed by atoms with Crippen LogP contribution in [0.1, 0.15) is 48.5 Å². The number of benzene rings is 1. The number of aliphatic hydroxyl groups is 1. The molecular weight excluding hydrogens is 322 g/mol. The first-order valence-corrected chi connectivity index (χ1v) is 8.49. The van der Waals surface area contributed by atoms with Gasteiger partial charge < -0.3 is 14.7 Å². The van der Waals surface area contributed by atoms with E-state index >= 15 is 0 Å². The van der Waals surface area contributed by atoms with Crippen molar-refractivity contribution >= 4 is 17.7 Å². The van der Waals surface area contributed by atoms with Gasteiger partial charge in [0, 0.05) is 24.9 Å². The van der Waals surface area contributed by atoms with Crippen LogP contribution in [-0.4, -0.2) is 54.0 Å². The highest BCUT2D eigenvalue weighted by atomic mass is 16.5. The van der Waals surface area contributed by atoms with Crippen molar-refractivity contribution in [3.8, 4) is 0 Å². The van der Waals surface area contributed by atoms with Gasteiger partial charge in [0.25, 0.3) is 0 Å². The topological polar surface area (TPSA) is 83.9 Å². The van der Waals surface area contributed by atoms with Gasteiger partial charge in [-0.05, 0) is 13.3 Å². The van der Waals surface area contributed by atoms with Gasteiger partial charge in [-0.2, -0.15) is 0 Å². The van der Waals surface area contributed by atoms with Gasteiger partial charge in [0.1, 0.15) is 0 Å². The maximum absolute atomic E-state index is 12.5. The van der Waals surface area contributed by atoms with Gasteiger partial charge in [-0.15, -0.1) is 0 Å². The molecule has 0 aliphatic rings. The minimum Gasteiger partial charge on any atom is -0.469 e. The molecule has 6 nitrogen and oxygen atoms in total. The summed E-state index contributed by atoms with van der Waals surface area (Å²) < 4.78 is 4.60. The van der Waals surface area contributed by atoms with Crippen LogP contribution in [0, 0.1) is 6.92 Å². The van der Waals surface area contributed by atoms with E-state index < -0.39 is 5.97 Å². The van der Waals surface area contributed by atoms with Crippen LogP contribution in [0.3, 0.4) is 0 Å². The smallest absolute Gasteiger partial charge is 0.307 e. The largest absolute Gasteiger partial charge is 0.469 e. The average Bonchev–Trinajstić information content (AvgIpc) is 2.63. The summed E-state index contributed by atoms with van der Waals surface area (Å²) in [6.45, 7) is 3.78. The molecule has 1 N–H and O–H groups in total. The number of aliphatic hydroxyl groups excluding tert-OH is 1. The number of carbonyl (C=O) groups excluding carboxylic acids is 3. The summed E-state index contributed by atoms with van der Waals surface area (Å²) in [5, 5.41) is 9.47. The maximum Gasteiger partial charge on any atom is 0.307 e. The maximum atomic E-state index is 12.5. The number of ether oxygens (including phenoxy) is 1. The van der Waals surface area contributed by atoms with Crippen molar-refractivity contribution in [3.05, 3.63) is 35.4 Å². The number of carbonyl (C=O) groups is 3. The zero-order valence-electron chi connectivity index (χ0n) is 15.2. The number of Topliss-reactive ketones (excluding diaryl/α,β-unsaturated/α-hetero) is 1. The fourth-order valence-electron chi connectivity index (χ4n) is 2.52. The molecule has 1 rings (SSSR count). The molecule has 1 aromatic carbocycles. The quantitative estimate of drug-likeness (QED) is 0.517. The summed E-state index contributed by atoms with van der Waals surface area (Å²) in [4.78, 5) is 37.5. The Morgan fingerprint density at radius 1 is 1.12 bits per heavy atom. The normalized spacial score (nSPS) is 11.7. The molecule has 1 unspecified atom stereocenters. The zero-order chi connectivity index (χ0) is 18.8. The van der Waals surface area contributed by atoms with Crippen LogP contribution in [0.5, 0.6) is 0 Å². The fourth-order valence-corrected chi connectivity index (χ4v) is 2.52. The Kier molecular flexibility index (Phi) is 8.84. The number of amides is 1. The minimum atomic E-state index is -0.415. The number of hydrogen-bond donors (Lipinski definition) is 1. The molecule has 25 heavy (non-hydrogen) atoms. The third-order valence-electron chi connectivity index (χ3n) is 4.17. The van der Waals surface area contributed by atoms with E-state index in [1.54, 1.807) is 12.1 Å². The monoisotopic (exact) mass is 349 g/mol. The second kappa shape index (κ2) is 10.6. The average molecular weight is 349 g/mol. The summed E-state index contributed by atoms with van der Waals surface area (Å²) in [7, 11) is 1.29. The van der Waals surface area contributed by atoms with Crippen LogP contribution in [0.4, 0.5) is 0 Å². The molecule has 0 spiro atoms. The van der Waals surface area contributed by atoms with Gasteiger partial charge in [0.05, 0.1) is 26.2 Å². The van der Waals surface area contributed by atoms with E-state index in [0.717, 1.165) is 5.56 Å². The molecule has 0 saturated carbocycles. The van der Waals surface area contributed by atoms with Crippen LogP contribution in [0.2, 0.25) is 0 Å². The molecule has 1 atom stereocenters. The molecule has 0 aliphatic carbocycles. The number of esters is 1. The Morgan fingerprint density at radius 3 is 2.28 bits per heavy atom. The van der Waals surface area contributed by atoms with E-state index in [0.29, 0.717) is 12.0 Å². The number of rotatable bonds is 10. The van der Waals surface area contributed by atoms with Crippen molar-refractivity contribution in [3.63, 3.8) is 0 Å². The molecule has 0 heterocycles. The number of methoxy groups -OCH3 is 1. The Balaban J connectivity index is 2.68. The zero-order valence-corrected chi connectivity index (χ0v) is 15.2. The van der Waals surface area contributed by atoms with Crippen molar-refractivity contribution in [1.82, 2.24) is 4.90 Å². The summed E-state index contributed by atoms with van der Waals surface area (Å²) in [5.41, 5.74) is 1.64. The lowest BCUT2D eigenvalue weighted by atomic mass is 10.0. The lowest BCUT2D eigenvalue weighted by molar-refractivity contribution is -0.142. The van der Waals surface area contributed by atoms with Crippen LogP contribution >= 0.6 is 0 Å². The SMILES string of the molecule is CCC(CO)N(CCC(=O)OC)C(=O)CCC(=O)c1ccc(C)cc1. The van der Waals surface area contributed by atoms with Crippen LogP contribution < -0.4 is 0 Å². The molecular formula is C19H27NO5. The summed E-state index contributed by atoms with van der Waals surface area (Å²) in [5.74, 6) is -0.759. The van der Waals surface area contributed by atoms with Crippen LogP contribution in [0.25, 0.3) is 0 Å². The van der Waals surface area contributed by atoms with Gasteiger partial charge >= 0.3 is 5.97 Å². The summed E-state index contributed by atoms with van der Waals surface area (Å²) in [6.07, 6.45) is 0.767. The second-order valence-corrected chi connectivity index (χ2v) is 5.95. The van der Waals surface area contributed by atoms with Crippen molar-refractivity contribution < 1.29 is 24.2 Å². The van der Waals surface area contributed by atoms with Gasteiger partial charge in [-0.3, -0.25) is 14.4 Å². The van der Waals surface area contributed by atoms with Crippen molar-refractivity contribution in [2.75, 3.05) is 20.3 Å². The predicted molar refractivity (Wildman–Crippen MR) is 94.3 cm³/mol. The number of hydrogen-bond acceptors (Lipinski definition) is 5. The lowest BCUT2D eigenvalue weighted by Gasteiger charge is -2.29. The summed E-state index contributed by atoms with van der Waals surface area (Å²) in [6, 6.07) is 6.85. The van der Waals surface area contributed by atoms with E-state index in [4.69, 9.17) is 0 Å². The van der Waals surface area contributed by atoms with Crippen LogP contribution in [0.15, 0.2) is 24.3 Å². The lowest BCUT2D eigenvalue weighted by Crippen LogP contribution is -2.43. The number of aryl methyl sites for hydroxylation is 1. The third-order valence-corrected chi connectivity index (χ3v) is 4.17. The van der Waals surface area contributed by atoms with Crippen LogP contribution in [-0.2, 0) is 14.3 Å². The van der Waals surface area contributed by atoms with Crippen molar-refractivity contribution in [2.24, 2.45) is 0 Å². The first-order valence-electron chi connectivity index (χ1n) is 8.49. The second-order valence-electron chi connectivity index (χ2n) is 5.95. The van der Waals surface area contributed by atoms with Gasteiger partial charge in [0.15, 0.2) is 5.78 Å². The first-order chi connectivity index (χ1) is 11.9. The van der Waals surface area contributed by atoms with Gasteiger partial charge in [0.2, 0.25) is 5.91 Å². The molecule has 1 amide bonds. The van der Waals surface area contributed by atoms with Gasteiger partial charge in [-0.1, -0.05) is 36.8 Å². The van der Waals surface area contributed by atoms with E-state index in [1.165, 1.54) is 12.0 Å². The molecule has 138 valence electrons. The highest BCUT2D eigenvalue weighted by molar-refractivity contribution is 5.98. The van der Waals surface area contributed by atoms with Crippen molar-refractivity contribution in [2.45, 2.75) is 45.6 Å². The van der Waals surface area contributed by atoms with E-state index in [2.05, 4.69) is 4.74 Å². The Morgan fingerprint density at radius 2 is 1.76 bits per heavy atom. The molecule has 0 fully saturated rings. The summed E-state index contributed by atoms with van der Waals surface area (Å²) >= 11 is 0. The van der Waals surface area contributed by atoms with Crippen molar-refractivity contribution in [1.29, 1.82) is 0 Å². The Labute approximate surface area is 148 Å².